The largest absolute Gasteiger partial charge is 0.316 e. The van der Waals surface area contributed by atoms with Crippen molar-refractivity contribution in [3.05, 3.63) is 0 Å². The Bertz CT molecular complexity index is 58.9. The van der Waals surface area contributed by atoms with Crippen LogP contribution in [0.1, 0.15) is 58.3 Å². The zero-order chi connectivity index (χ0) is 8.36. The molecule has 72 valence electrons. The van der Waals surface area contributed by atoms with Crippen molar-refractivity contribution in [2.24, 2.45) is 0 Å². The quantitative estimate of drug-likeness (QED) is 0.322. The summed E-state index contributed by atoms with van der Waals surface area (Å²) in [5.41, 5.74) is 0. The summed E-state index contributed by atoms with van der Waals surface area (Å²) in [5, 5.41) is 0. The molecule has 0 spiro atoms. The van der Waals surface area contributed by atoms with Crippen LogP contribution in [0.3, 0.4) is 0 Å². The maximum absolute atomic E-state index is 5.56. The molecule has 0 aromatic heterocycles. The number of rotatable bonds is 8. The highest BCUT2D eigenvalue weighted by molar-refractivity contribution is 6.17. The highest BCUT2D eigenvalue weighted by atomic mass is 35.5. The second-order valence-electron chi connectivity index (χ2n) is 3.16. The van der Waals surface area contributed by atoms with Gasteiger partial charge in [0.2, 0.25) is 0 Å². The molecule has 0 atom stereocenters. The Morgan fingerprint density at radius 2 is 1.17 bits per heavy atom. The first-order valence-corrected chi connectivity index (χ1v) is 5.51. The van der Waals surface area contributed by atoms with Crippen molar-refractivity contribution in [3.8, 4) is 0 Å². The lowest BCUT2D eigenvalue weighted by atomic mass is 10.1. The zero-order valence-electron chi connectivity index (χ0n) is 7.74. The van der Waals surface area contributed by atoms with Crippen molar-refractivity contribution in [3.63, 3.8) is 0 Å². The van der Waals surface area contributed by atoms with Crippen molar-refractivity contribution in [2.45, 2.75) is 58.3 Å². The van der Waals surface area contributed by atoms with Crippen LogP contribution < -0.4 is 0 Å². The lowest BCUT2D eigenvalue weighted by Gasteiger charge is -1.98. The molecule has 0 aliphatic rings. The number of unbranched alkanes of at least 4 members (excludes halogenated alkanes) is 7. The summed E-state index contributed by atoms with van der Waals surface area (Å²) in [7, 11) is 0. The summed E-state index contributed by atoms with van der Waals surface area (Å²) >= 11 is 5.56. The molecule has 0 aromatic carbocycles. The van der Waals surface area contributed by atoms with Crippen molar-refractivity contribution in [1.82, 2.24) is 0 Å². The van der Waals surface area contributed by atoms with Crippen LogP contribution in [0.15, 0.2) is 0 Å². The van der Waals surface area contributed by atoms with Gasteiger partial charge in [-0.1, -0.05) is 51.9 Å². The Kier molecular flexibility index (Phi) is 18.9. The van der Waals surface area contributed by atoms with E-state index < -0.39 is 0 Å². The van der Waals surface area contributed by atoms with Gasteiger partial charge < -0.3 is 0 Å². The SMILES string of the molecule is CCCCCCCCCCCl.[MgH2]. The third kappa shape index (κ3) is 13.6. The fraction of sp³-hybridized carbons (Fsp3) is 1.00. The third-order valence-electron chi connectivity index (χ3n) is 1.99. The van der Waals surface area contributed by atoms with E-state index >= 15 is 0 Å². The van der Waals surface area contributed by atoms with Crippen LogP contribution in [0.25, 0.3) is 0 Å². The van der Waals surface area contributed by atoms with Gasteiger partial charge in [-0.05, 0) is 6.42 Å². The monoisotopic (exact) mass is 202 g/mol. The molecule has 0 saturated carbocycles. The molecule has 0 radical (unpaired) electrons. The summed E-state index contributed by atoms with van der Waals surface area (Å²) in [6.45, 7) is 2.26. The molecule has 0 amide bonds. The molecule has 12 heavy (non-hydrogen) atoms. The van der Waals surface area contributed by atoms with Gasteiger partial charge >= 0.3 is 23.1 Å². The number of hydrogen-bond acceptors (Lipinski definition) is 0. The average Bonchev–Trinajstić information content (AvgIpc) is 2.03. The van der Waals surface area contributed by atoms with Crippen LogP contribution in [0.5, 0.6) is 0 Å². The number of hydrogen-bond donors (Lipinski definition) is 0. The van der Waals surface area contributed by atoms with Crippen LogP contribution in [0, 0.1) is 0 Å². The Balaban J connectivity index is 0. The first-order chi connectivity index (χ1) is 5.41. The normalized spacial score (nSPS) is 9.50. The van der Waals surface area contributed by atoms with Crippen molar-refractivity contribution in [1.29, 1.82) is 0 Å². The Hall–Kier alpha value is 1.06. The standard InChI is InChI=1S/C10H21Cl.Mg.2H/c1-2-3-4-5-6-7-8-9-10-11;;;/h2-10H2,1H3;;;. The van der Waals surface area contributed by atoms with Gasteiger partial charge in [-0.3, -0.25) is 0 Å². The maximum atomic E-state index is 5.56. The molecule has 0 fully saturated rings. The topological polar surface area (TPSA) is 0 Å². The summed E-state index contributed by atoms with van der Waals surface area (Å²) in [4.78, 5) is 0. The molecular formula is C10H23ClMg. The van der Waals surface area contributed by atoms with Crippen LogP contribution in [-0.2, 0) is 0 Å². The number of alkyl halides is 1. The molecule has 0 aromatic rings. The molecule has 0 nitrogen and oxygen atoms in total. The van der Waals surface area contributed by atoms with Crippen LogP contribution in [0.4, 0.5) is 0 Å². The molecule has 0 rings (SSSR count). The van der Waals surface area contributed by atoms with Gasteiger partial charge in [0.05, 0.1) is 0 Å². The Morgan fingerprint density at radius 1 is 0.750 bits per heavy atom. The van der Waals surface area contributed by atoms with E-state index in [2.05, 4.69) is 6.92 Å². The van der Waals surface area contributed by atoms with Crippen molar-refractivity contribution < 1.29 is 0 Å². The molecule has 2 heteroatoms. The first kappa shape index (κ1) is 15.5. The molecule has 0 unspecified atom stereocenters. The summed E-state index contributed by atoms with van der Waals surface area (Å²) in [6, 6.07) is 0. The fourth-order valence-corrected chi connectivity index (χ4v) is 1.42. The molecular weight excluding hydrogens is 180 g/mol. The molecule has 0 heterocycles. The van der Waals surface area contributed by atoms with Crippen molar-refractivity contribution in [2.75, 3.05) is 5.88 Å². The van der Waals surface area contributed by atoms with Crippen LogP contribution >= 0.6 is 11.6 Å². The van der Waals surface area contributed by atoms with E-state index in [0.29, 0.717) is 0 Å². The predicted octanol–water partition coefficient (Wildman–Crippen LogP) is 3.45. The predicted molar refractivity (Wildman–Crippen MR) is 61.9 cm³/mol. The van der Waals surface area contributed by atoms with E-state index in [-0.39, 0.29) is 23.1 Å². The third-order valence-corrected chi connectivity index (χ3v) is 2.25. The molecule has 0 aliphatic carbocycles. The van der Waals surface area contributed by atoms with Gasteiger partial charge in [-0.2, -0.15) is 0 Å². The van der Waals surface area contributed by atoms with Gasteiger partial charge in [0, 0.05) is 5.88 Å². The highest BCUT2D eigenvalue weighted by Gasteiger charge is 1.89. The zero-order valence-corrected chi connectivity index (χ0v) is 8.50. The number of halogens is 1. The van der Waals surface area contributed by atoms with Gasteiger partial charge in [-0.15, -0.1) is 11.6 Å². The van der Waals surface area contributed by atoms with E-state index in [0.717, 1.165) is 5.88 Å². The molecule has 0 N–H and O–H groups in total. The Morgan fingerprint density at radius 3 is 1.58 bits per heavy atom. The average molecular weight is 203 g/mol. The van der Waals surface area contributed by atoms with Crippen LogP contribution in [-0.4, -0.2) is 28.9 Å². The first-order valence-electron chi connectivity index (χ1n) is 4.97. The van der Waals surface area contributed by atoms with E-state index in [1.807, 2.05) is 0 Å². The second kappa shape index (κ2) is 14.6. The van der Waals surface area contributed by atoms with Crippen LogP contribution in [0.2, 0.25) is 0 Å². The Labute approximate surface area is 98.6 Å². The van der Waals surface area contributed by atoms with E-state index in [4.69, 9.17) is 11.6 Å². The minimum Gasteiger partial charge on any atom is -0.127 e. The fourth-order valence-electron chi connectivity index (χ4n) is 1.23. The van der Waals surface area contributed by atoms with Gasteiger partial charge in [0.1, 0.15) is 0 Å². The van der Waals surface area contributed by atoms with E-state index in [1.54, 1.807) is 0 Å². The lowest BCUT2D eigenvalue weighted by Crippen LogP contribution is -1.80. The summed E-state index contributed by atoms with van der Waals surface area (Å²) in [5.74, 6) is 0.842. The van der Waals surface area contributed by atoms with E-state index in [9.17, 15) is 0 Å². The van der Waals surface area contributed by atoms with Gasteiger partial charge in [0.25, 0.3) is 0 Å². The summed E-state index contributed by atoms with van der Waals surface area (Å²) in [6.07, 6.45) is 10.9. The second-order valence-corrected chi connectivity index (χ2v) is 3.54. The minimum atomic E-state index is 0. The summed E-state index contributed by atoms with van der Waals surface area (Å²) < 4.78 is 0. The molecule has 0 bridgehead atoms. The molecule has 0 aliphatic heterocycles. The minimum absolute atomic E-state index is 0. The van der Waals surface area contributed by atoms with Gasteiger partial charge in [-0.25, -0.2) is 0 Å². The van der Waals surface area contributed by atoms with E-state index in [1.165, 1.54) is 51.4 Å². The van der Waals surface area contributed by atoms with Gasteiger partial charge in [0.15, 0.2) is 0 Å². The lowest BCUT2D eigenvalue weighted by molar-refractivity contribution is 0.586. The smallest absolute Gasteiger partial charge is 0.127 e. The van der Waals surface area contributed by atoms with Crippen molar-refractivity contribution >= 4 is 34.7 Å². The maximum Gasteiger partial charge on any atom is 0.316 e. The molecule has 0 saturated heterocycles. The highest BCUT2D eigenvalue weighted by Crippen LogP contribution is 2.08.